The highest BCUT2D eigenvalue weighted by Gasteiger charge is 2.26. The Bertz CT molecular complexity index is 673. The molecule has 0 spiro atoms. The Morgan fingerprint density at radius 3 is 2.61 bits per heavy atom. The van der Waals surface area contributed by atoms with E-state index in [0.29, 0.717) is 13.1 Å². The summed E-state index contributed by atoms with van der Waals surface area (Å²) in [5.41, 5.74) is 0. The van der Waals surface area contributed by atoms with Gasteiger partial charge in [0, 0.05) is 39.8 Å². The maximum Gasteiger partial charge on any atom is 0.252 e. The number of hydrogen-bond donors (Lipinski definition) is 0. The minimum Gasteiger partial charge on any atom is -0.379 e. The van der Waals surface area contributed by atoms with E-state index in [2.05, 4.69) is 11.8 Å². The van der Waals surface area contributed by atoms with Gasteiger partial charge in [-0.2, -0.15) is 4.31 Å². The second-order valence-electron chi connectivity index (χ2n) is 7.09. The fourth-order valence-corrected chi connectivity index (χ4v) is 5.44. The second kappa shape index (κ2) is 11.9. The van der Waals surface area contributed by atoms with Crippen LogP contribution in [-0.2, 0) is 19.6 Å². The maximum atomic E-state index is 12.9. The molecule has 2 rings (SSSR count). The normalized spacial score (nSPS) is 15.8. The highest BCUT2D eigenvalue weighted by atomic mass is 32.2. The average Bonchev–Trinajstić information content (AvgIpc) is 3.23. The van der Waals surface area contributed by atoms with E-state index in [0.717, 1.165) is 62.8 Å². The summed E-state index contributed by atoms with van der Waals surface area (Å²) in [5.74, 6) is -0.132. The zero-order valence-corrected chi connectivity index (χ0v) is 18.6. The molecule has 28 heavy (non-hydrogen) atoms. The Morgan fingerprint density at radius 2 is 1.96 bits per heavy atom. The van der Waals surface area contributed by atoms with Crippen LogP contribution in [0.1, 0.15) is 32.6 Å². The standard InChI is InChI=1S/C19H33N3O4S2/c1-3-4-5-6-9-22(11-10-21-12-14-26-15-13-21)18(23)17-20(2)28(24,25)19-8-7-16-27-19/h7-8,16H,3-6,9-15,17H2,1-2H3. The lowest BCUT2D eigenvalue weighted by molar-refractivity contribution is -0.131. The lowest BCUT2D eigenvalue weighted by Crippen LogP contribution is -2.46. The molecular formula is C19H33N3O4S2. The van der Waals surface area contributed by atoms with E-state index in [1.54, 1.807) is 17.5 Å². The van der Waals surface area contributed by atoms with Gasteiger partial charge < -0.3 is 9.64 Å². The monoisotopic (exact) mass is 431 g/mol. The molecule has 0 aromatic carbocycles. The minimum absolute atomic E-state index is 0.128. The van der Waals surface area contributed by atoms with Gasteiger partial charge in [-0.1, -0.05) is 32.3 Å². The number of carbonyl (C=O) groups excluding carboxylic acids is 1. The van der Waals surface area contributed by atoms with Crippen molar-refractivity contribution < 1.29 is 17.9 Å². The molecule has 0 radical (unpaired) electrons. The summed E-state index contributed by atoms with van der Waals surface area (Å²) in [7, 11) is -2.13. The van der Waals surface area contributed by atoms with Crippen molar-refractivity contribution in [3.05, 3.63) is 17.5 Å². The summed E-state index contributed by atoms with van der Waals surface area (Å²) >= 11 is 1.17. The molecule has 9 heteroatoms. The van der Waals surface area contributed by atoms with Gasteiger partial charge in [0.25, 0.3) is 10.0 Å². The van der Waals surface area contributed by atoms with Crippen LogP contribution in [0.25, 0.3) is 0 Å². The predicted molar refractivity (Wildman–Crippen MR) is 112 cm³/mol. The van der Waals surface area contributed by atoms with E-state index in [4.69, 9.17) is 4.74 Å². The Balaban J connectivity index is 1.93. The minimum atomic E-state index is -3.61. The number of ether oxygens (including phenoxy) is 1. The first-order valence-electron chi connectivity index (χ1n) is 10.0. The van der Waals surface area contributed by atoms with Crippen molar-refractivity contribution >= 4 is 27.3 Å². The Hall–Kier alpha value is -1.00. The molecule has 0 atom stereocenters. The summed E-state index contributed by atoms with van der Waals surface area (Å²) < 4.78 is 32.0. The summed E-state index contributed by atoms with van der Waals surface area (Å²) in [6.07, 6.45) is 4.33. The molecule has 160 valence electrons. The molecule has 1 aromatic rings. The molecule has 1 aromatic heterocycles. The third-order valence-electron chi connectivity index (χ3n) is 4.94. The highest BCUT2D eigenvalue weighted by Crippen LogP contribution is 2.19. The summed E-state index contributed by atoms with van der Waals surface area (Å²) in [6, 6.07) is 3.28. The van der Waals surface area contributed by atoms with Gasteiger partial charge in [-0.3, -0.25) is 9.69 Å². The molecule has 0 bridgehead atoms. The maximum absolute atomic E-state index is 12.9. The van der Waals surface area contributed by atoms with Crippen LogP contribution in [0.15, 0.2) is 21.7 Å². The zero-order chi connectivity index (χ0) is 20.4. The lowest BCUT2D eigenvalue weighted by atomic mass is 10.2. The summed E-state index contributed by atoms with van der Waals surface area (Å²) in [5, 5.41) is 1.73. The Kier molecular flexibility index (Phi) is 9.87. The van der Waals surface area contributed by atoms with Crippen molar-refractivity contribution in [3.8, 4) is 0 Å². The van der Waals surface area contributed by atoms with Crippen LogP contribution in [0.4, 0.5) is 0 Å². The molecule has 0 unspecified atom stereocenters. The van der Waals surface area contributed by atoms with Crippen LogP contribution in [0.3, 0.4) is 0 Å². The number of likely N-dealkylation sites (N-methyl/N-ethyl adjacent to an activating group) is 1. The van der Waals surface area contributed by atoms with Gasteiger partial charge in [0.2, 0.25) is 5.91 Å². The predicted octanol–water partition coefficient (Wildman–Crippen LogP) is 2.11. The van der Waals surface area contributed by atoms with Crippen LogP contribution in [0.5, 0.6) is 0 Å². The first kappa shape index (κ1) is 23.3. The van der Waals surface area contributed by atoms with E-state index in [9.17, 15) is 13.2 Å². The number of thiophene rings is 1. The highest BCUT2D eigenvalue weighted by molar-refractivity contribution is 7.91. The zero-order valence-electron chi connectivity index (χ0n) is 17.0. The molecule has 1 amide bonds. The summed E-state index contributed by atoms with van der Waals surface area (Å²) in [4.78, 5) is 17.0. The van der Waals surface area contributed by atoms with E-state index in [1.165, 1.54) is 18.4 Å². The van der Waals surface area contributed by atoms with Gasteiger partial charge >= 0.3 is 0 Å². The van der Waals surface area contributed by atoms with Crippen molar-refractivity contribution in [3.63, 3.8) is 0 Å². The third kappa shape index (κ3) is 7.11. The van der Waals surface area contributed by atoms with Gasteiger partial charge in [-0.05, 0) is 17.9 Å². The van der Waals surface area contributed by atoms with Crippen LogP contribution in [0.2, 0.25) is 0 Å². The summed E-state index contributed by atoms with van der Waals surface area (Å²) in [6.45, 7) is 7.34. The molecule has 1 saturated heterocycles. The van der Waals surface area contributed by atoms with Crippen LogP contribution >= 0.6 is 11.3 Å². The fourth-order valence-electron chi connectivity index (χ4n) is 3.12. The average molecular weight is 432 g/mol. The largest absolute Gasteiger partial charge is 0.379 e. The number of sulfonamides is 1. The van der Waals surface area contributed by atoms with Crippen LogP contribution in [-0.4, -0.2) is 88.0 Å². The van der Waals surface area contributed by atoms with E-state index < -0.39 is 10.0 Å². The van der Waals surface area contributed by atoms with Crippen molar-refractivity contribution in [2.75, 3.05) is 59.5 Å². The first-order chi connectivity index (χ1) is 13.4. The van der Waals surface area contributed by atoms with Gasteiger partial charge in [-0.25, -0.2) is 8.42 Å². The van der Waals surface area contributed by atoms with E-state index in [-0.39, 0.29) is 16.7 Å². The van der Waals surface area contributed by atoms with Gasteiger partial charge in [0.15, 0.2) is 0 Å². The smallest absolute Gasteiger partial charge is 0.252 e. The van der Waals surface area contributed by atoms with Crippen molar-refractivity contribution in [2.24, 2.45) is 0 Å². The molecular weight excluding hydrogens is 398 g/mol. The Labute approximate surface area is 173 Å². The van der Waals surface area contributed by atoms with Crippen molar-refractivity contribution in [1.82, 2.24) is 14.1 Å². The topological polar surface area (TPSA) is 70.2 Å². The molecule has 1 fully saturated rings. The van der Waals surface area contributed by atoms with E-state index in [1.807, 2.05) is 4.90 Å². The second-order valence-corrected chi connectivity index (χ2v) is 10.3. The number of rotatable bonds is 12. The van der Waals surface area contributed by atoms with Crippen LogP contribution < -0.4 is 0 Å². The number of morpholine rings is 1. The molecule has 7 nitrogen and oxygen atoms in total. The molecule has 1 aliphatic rings. The lowest BCUT2D eigenvalue weighted by Gasteiger charge is -2.31. The Morgan fingerprint density at radius 1 is 1.21 bits per heavy atom. The fraction of sp³-hybridized carbons (Fsp3) is 0.737. The number of amides is 1. The van der Waals surface area contributed by atoms with Crippen molar-refractivity contribution in [2.45, 2.75) is 36.8 Å². The van der Waals surface area contributed by atoms with Gasteiger partial charge in [0.05, 0.1) is 19.8 Å². The van der Waals surface area contributed by atoms with Gasteiger partial charge in [0.1, 0.15) is 4.21 Å². The number of hydrogen-bond acceptors (Lipinski definition) is 6. The SMILES string of the molecule is CCCCCCN(CCN1CCOCC1)C(=O)CN(C)S(=O)(=O)c1cccs1. The van der Waals surface area contributed by atoms with E-state index >= 15 is 0 Å². The number of unbranched alkanes of at least 4 members (excludes halogenated alkanes) is 3. The molecule has 0 aliphatic carbocycles. The molecule has 0 N–H and O–H groups in total. The molecule has 1 aliphatic heterocycles. The third-order valence-corrected chi connectivity index (χ3v) is 8.12. The quantitative estimate of drug-likeness (QED) is 0.474. The molecule has 0 saturated carbocycles. The van der Waals surface area contributed by atoms with Crippen LogP contribution in [0, 0.1) is 0 Å². The number of nitrogens with zero attached hydrogens (tertiary/aromatic N) is 3. The first-order valence-corrected chi connectivity index (χ1v) is 12.3. The number of carbonyl (C=O) groups is 1. The van der Waals surface area contributed by atoms with Gasteiger partial charge in [-0.15, -0.1) is 11.3 Å². The van der Waals surface area contributed by atoms with Crippen molar-refractivity contribution in [1.29, 1.82) is 0 Å². The molecule has 2 heterocycles.